The number of aliphatic hydroxyl groups is 1. The van der Waals surface area contributed by atoms with Gasteiger partial charge < -0.3 is 15.2 Å². The van der Waals surface area contributed by atoms with E-state index in [2.05, 4.69) is 10.1 Å². The van der Waals surface area contributed by atoms with Crippen LogP contribution in [0.25, 0.3) is 0 Å². The quantitative estimate of drug-likeness (QED) is 0.500. The summed E-state index contributed by atoms with van der Waals surface area (Å²) in [4.78, 5) is 23.2. The first kappa shape index (κ1) is 17.4. The smallest absolute Gasteiger partial charge is 0.328 e. The number of carbonyl (C=O) groups is 2. The Hall–Kier alpha value is -1.61. The van der Waals surface area contributed by atoms with E-state index in [4.69, 9.17) is 5.26 Å². The number of carbonyl (C=O) groups excluding carboxylic acids is 2. The SMILES string of the molecule is COC(=O)[C@H](CCCC#N)NC(=O)[C@H](O)CC(C)C. The molecule has 1 amide bonds. The van der Waals surface area contributed by atoms with Crippen LogP contribution in [0, 0.1) is 17.2 Å². The predicted octanol–water partition coefficient (Wildman–Crippen LogP) is 0.745. The van der Waals surface area contributed by atoms with Gasteiger partial charge in [-0.05, 0) is 25.2 Å². The summed E-state index contributed by atoms with van der Waals surface area (Å²) in [5.41, 5.74) is 0. The summed E-state index contributed by atoms with van der Waals surface area (Å²) >= 11 is 0. The molecule has 0 aromatic carbocycles. The van der Waals surface area contributed by atoms with Crippen molar-refractivity contribution < 1.29 is 19.4 Å². The molecule has 2 atom stereocenters. The van der Waals surface area contributed by atoms with Crippen LogP contribution in [0.3, 0.4) is 0 Å². The van der Waals surface area contributed by atoms with E-state index in [1.54, 1.807) is 0 Å². The molecule has 0 aliphatic rings. The minimum atomic E-state index is -1.14. The average molecular weight is 270 g/mol. The Morgan fingerprint density at radius 3 is 2.53 bits per heavy atom. The fourth-order valence-electron chi connectivity index (χ4n) is 1.60. The Kier molecular flexibility index (Phi) is 8.55. The first-order chi connectivity index (χ1) is 8.92. The van der Waals surface area contributed by atoms with Crippen molar-refractivity contribution in [1.29, 1.82) is 5.26 Å². The molecule has 0 heterocycles. The van der Waals surface area contributed by atoms with Gasteiger partial charge in [-0.15, -0.1) is 0 Å². The Labute approximate surface area is 113 Å². The molecule has 6 heteroatoms. The first-order valence-corrected chi connectivity index (χ1v) is 6.35. The standard InChI is InChI=1S/C13H22N2O4/c1-9(2)8-11(16)12(17)15-10(13(18)19-3)6-4-5-7-14/h9-11,16H,4-6,8H2,1-3H3,(H,15,17)/t10-,11+/m0/s1. The van der Waals surface area contributed by atoms with Gasteiger partial charge >= 0.3 is 5.97 Å². The van der Waals surface area contributed by atoms with E-state index in [1.165, 1.54) is 7.11 Å². The van der Waals surface area contributed by atoms with E-state index in [-0.39, 0.29) is 5.92 Å². The van der Waals surface area contributed by atoms with Crippen LogP contribution in [0.1, 0.15) is 39.5 Å². The molecule has 0 aromatic heterocycles. The van der Waals surface area contributed by atoms with Crippen LogP contribution < -0.4 is 5.32 Å². The lowest BCUT2D eigenvalue weighted by Crippen LogP contribution is -2.46. The van der Waals surface area contributed by atoms with Crippen LogP contribution in [0.5, 0.6) is 0 Å². The van der Waals surface area contributed by atoms with Gasteiger partial charge in [0.25, 0.3) is 0 Å². The first-order valence-electron chi connectivity index (χ1n) is 6.35. The minimum Gasteiger partial charge on any atom is -0.467 e. The molecule has 0 aliphatic carbocycles. The Bertz CT molecular complexity index is 336. The third-order valence-electron chi connectivity index (χ3n) is 2.58. The van der Waals surface area contributed by atoms with E-state index < -0.39 is 24.0 Å². The third kappa shape index (κ3) is 7.42. The molecule has 0 fully saturated rings. The maximum Gasteiger partial charge on any atom is 0.328 e. The number of amides is 1. The molecule has 0 aliphatic heterocycles. The summed E-state index contributed by atoms with van der Waals surface area (Å²) in [6.45, 7) is 3.78. The van der Waals surface area contributed by atoms with Gasteiger partial charge in [-0.2, -0.15) is 5.26 Å². The second-order valence-electron chi connectivity index (χ2n) is 4.78. The zero-order valence-corrected chi connectivity index (χ0v) is 11.7. The van der Waals surface area contributed by atoms with E-state index in [1.807, 2.05) is 19.9 Å². The van der Waals surface area contributed by atoms with Crippen LogP contribution in [0.4, 0.5) is 0 Å². The van der Waals surface area contributed by atoms with Crippen LogP contribution in [-0.4, -0.2) is 36.2 Å². The summed E-state index contributed by atoms with van der Waals surface area (Å²) in [5, 5.41) is 20.6. The number of hydrogen-bond acceptors (Lipinski definition) is 5. The van der Waals surface area contributed by atoms with E-state index in [0.29, 0.717) is 25.7 Å². The van der Waals surface area contributed by atoms with E-state index in [9.17, 15) is 14.7 Å². The van der Waals surface area contributed by atoms with Crippen LogP contribution in [-0.2, 0) is 14.3 Å². The number of esters is 1. The van der Waals surface area contributed by atoms with Gasteiger partial charge in [0.2, 0.25) is 5.91 Å². The normalized spacial score (nSPS) is 13.5. The number of nitriles is 1. The second kappa shape index (κ2) is 9.34. The second-order valence-corrected chi connectivity index (χ2v) is 4.78. The number of unbranched alkanes of at least 4 members (excludes halogenated alkanes) is 1. The molecule has 2 N–H and O–H groups in total. The van der Waals surface area contributed by atoms with Gasteiger partial charge in [0.05, 0.1) is 13.2 Å². The highest BCUT2D eigenvalue weighted by Gasteiger charge is 2.24. The zero-order valence-electron chi connectivity index (χ0n) is 11.7. The summed E-state index contributed by atoms with van der Waals surface area (Å²) in [6.07, 6.45) is 0.302. The van der Waals surface area contributed by atoms with Crippen molar-refractivity contribution in [1.82, 2.24) is 5.32 Å². The lowest BCUT2D eigenvalue weighted by Gasteiger charge is -2.19. The monoisotopic (exact) mass is 270 g/mol. The van der Waals surface area contributed by atoms with Crippen molar-refractivity contribution in [3.8, 4) is 6.07 Å². The van der Waals surface area contributed by atoms with Gasteiger partial charge in [0.15, 0.2) is 0 Å². The number of nitrogens with zero attached hydrogens (tertiary/aromatic N) is 1. The highest BCUT2D eigenvalue weighted by Crippen LogP contribution is 2.07. The van der Waals surface area contributed by atoms with E-state index in [0.717, 1.165) is 0 Å². The number of ether oxygens (including phenoxy) is 1. The van der Waals surface area contributed by atoms with Gasteiger partial charge in [-0.1, -0.05) is 13.8 Å². The van der Waals surface area contributed by atoms with Crippen molar-refractivity contribution in [2.75, 3.05) is 7.11 Å². The molecular weight excluding hydrogens is 248 g/mol. The van der Waals surface area contributed by atoms with Crippen LogP contribution in [0.2, 0.25) is 0 Å². The number of nitrogens with one attached hydrogen (secondary N) is 1. The Morgan fingerprint density at radius 2 is 2.05 bits per heavy atom. The lowest BCUT2D eigenvalue weighted by atomic mass is 10.0. The Balaban J connectivity index is 4.42. The number of rotatable bonds is 8. The molecule has 108 valence electrons. The number of aliphatic hydroxyl groups excluding tert-OH is 1. The fourth-order valence-corrected chi connectivity index (χ4v) is 1.60. The summed E-state index contributed by atoms with van der Waals surface area (Å²) < 4.78 is 4.59. The molecule has 0 bridgehead atoms. The molecule has 0 rings (SSSR count). The van der Waals surface area contributed by atoms with Gasteiger partial charge in [-0.25, -0.2) is 4.79 Å². The van der Waals surface area contributed by atoms with Gasteiger partial charge in [-0.3, -0.25) is 4.79 Å². The topological polar surface area (TPSA) is 99.4 Å². The third-order valence-corrected chi connectivity index (χ3v) is 2.58. The van der Waals surface area contributed by atoms with Gasteiger partial charge in [0, 0.05) is 6.42 Å². The fraction of sp³-hybridized carbons (Fsp3) is 0.769. The molecule has 0 spiro atoms. The van der Waals surface area contributed by atoms with Crippen LogP contribution in [0.15, 0.2) is 0 Å². The number of methoxy groups -OCH3 is 1. The Morgan fingerprint density at radius 1 is 1.42 bits per heavy atom. The summed E-state index contributed by atoms with van der Waals surface area (Å²) in [6, 6.07) is 1.16. The molecule has 0 unspecified atom stereocenters. The predicted molar refractivity (Wildman–Crippen MR) is 68.9 cm³/mol. The molecule has 0 aromatic rings. The maximum atomic E-state index is 11.7. The molecular formula is C13H22N2O4. The van der Waals surface area contributed by atoms with Crippen molar-refractivity contribution in [3.05, 3.63) is 0 Å². The minimum absolute atomic E-state index is 0.177. The molecule has 19 heavy (non-hydrogen) atoms. The average Bonchev–Trinajstić information content (AvgIpc) is 2.35. The zero-order chi connectivity index (χ0) is 14.8. The van der Waals surface area contributed by atoms with Gasteiger partial charge in [0.1, 0.15) is 12.1 Å². The molecule has 0 saturated carbocycles. The van der Waals surface area contributed by atoms with Crippen molar-refractivity contribution in [2.45, 2.75) is 51.7 Å². The molecule has 0 saturated heterocycles. The molecule has 6 nitrogen and oxygen atoms in total. The number of hydrogen-bond donors (Lipinski definition) is 2. The largest absolute Gasteiger partial charge is 0.467 e. The van der Waals surface area contributed by atoms with Crippen LogP contribution >= 0.6 is 0 Å². The molecule has 0 radical (unpaired) electrons. The van der Waals surface area contributed by atoms with E-state index >= 15 is 0 Å². The van der Waals surface area contributed by atoms with Crippen molar-refractivity contribution in [2.24, 2.45) is 5.92 Å². The summed E-state index contributed by atoms with van der Waals surface area (Å²) in [5.74, 6) is -0.972. The highest BCUT2D eigenvalue weighted by atomic mass is 16.5. The lowest BCUT2D eigenvalue weighted by molar-refractivity contribution is -0.146. The summed E-state index contributed by atoms with van der Waals surface area (Å²) in [7, 11) is 1.23. The highest BCUT2D eigenvalue weighted by molar-refractivity contribution is 5.86. The van der Waals surface area contributed by atoms with Crippen molar-refractivity contribution in [3.63, 3.8) is 0 Å². The van der Waals surface area contributed by atoms with Crippen molar-refractivity contribution >= 4 is 11.9 Å². The maximum absolute atomic E-state index is 11.7.